The Kier molecular flexibility index (Phi) is 26.7. The summed E-state index contributed by atoms with van der Waals surface area (Å²) in [5, 5.41) is 13.5. The van der Waals surface area contributed by atoms with Crippen molar-refractivity contribution in [2.24, 2.45) is 0 Å². The minimum atomic E-state index is -4.57. The molecule has 2 N–H and O–H groups in total. The van der Waals surface area contributed by atoms with Crippen molar-refractivity contribution < 1.29 is 32.9 Å². The van der Waals surface area contributed by atoms with Crippen LogP contribution in [0.2, 0.25) is 0 Å². The van der Waals surface area contributed by atoms with E-state index < -0.39 is 26.6 Å². The third-order valence-electron chi connectivity index (χ3n) is 7.41. The fraction of sp³-hybridized carbons (Fsp3) is 0.853. The molecule has 254 valence electrons. The molecular weight excluding hydrogens is 563 g/mol. The average Bonchev–Trinajstić information content (AvgIpc) is 2.94. The molecule has 43 heavy (non-hydrogen) atoms. The first-order chi connectivity index (χ1) is 20.5. The first-order valence-corrected chi connectivity index (χ1v) is 18.7. The maximum absolute atomic E-state index is 12.5. The molecular formula is C34H67N2O6P. The number of likely N-dealkylation sites (N-methyl/N-ethyl adjacent to an activating group) is 1. The van der Waals surface area contributed by atoms with Gasteiger partial charge in [0.05, 0.1) is 39.9 Å². The molecule has 3 atom stereocenters. The Morgan fingerprint density at radius 2 is 1.30 bits per heavy atom. The van der Waals surface area contributed by atoms with Gasteiger partial charge in [-0.2, -0.15) is 0 Å². The summed E-state index contributed by atoms with van der Waals surface area (Å²) in [6.45, 7) is 4.49. The van der Waals surface area contributed by atoms with Gasteiger partial charge in [-0.05, 0) is 32.1 Å². The van der Waals surface area contributed by atoms with Crippen LogP contribution in [0.25, 0.3) is 0 Å². The predicted octanol–water partition coefficient (Wildman–Crippen LogP) is 7.60. The number of nitrogens with zero attached hydrogens (tertiary/aromatic N) is 1. The Bertz CT molecular complexity index is 768. The van der Waals surface area contributed by atoms with Gasteiger partial charge in [0.2, 0.25) is 5.91 Å². The molecule has 8 nitrogen and oxygen atoms in total. The second kappa shape index (κ2) is 27.3. The van der Waals surface area contributed by atoms with E-state index in [2.05, 4.69) is 31.3 Å². The molecule has 0 aliphatic heterocycles. The quantitative estimate of drug-likeness (QED) is 0.0366. The lowest BCUT2D eigenvalue weighted by Crippen LogP contribution is -2.45. The molecule has 0 aliphatic carbocycles. The van der Waals surface area contributed by atoms with Gasteiger partial charge in [-0.25, -0.2) is 0 Å². The lowest BCUT2D eigenvalue weighted by atomic mass is 10.1. The molecule has 1 amide bonds. The van der Waals surface area contributed by atoms with Gasteiger partial charge in [0.25, 0.3) is 7.82 Å². The molecule has 0 saturated heterocycles. The number of hydrogen-bond donors (Lipinski definition) is 2. The van der Waals surface area contributed by atoms with E-state index >= 15 is 0 Å². The number of rotatable bonds is 30. The minimum Gasteiger partial charge on any atom is -0.756 e. The van der Waals surface area contributed by atoms with Gasteiger partial charge in [0.1, 0.15) is 13.2 Å². The van der Waals surface area contributed by atoms with E-state index in [9.17, 15) is 19.4 Å². The number of quaternary nitrogens is 1. The molecule has 0 aromatic rings. The van der Waals surface area contributed by atoms with E-state index in [0.717, 1.165) is 51.4 Å². The summed E-state index contributed by atoms with van der Waals surface area (Å²) in [6.07, 6.45) is 28.3. The maximum atomic E-state index is 12.5. The van der Waals surface area contributed by atoms with Crippen molar-refractivity contribution in [2.75, 3.05) is 40.9 Å². The van der Waals surface area contributed by atoms with E-state index in [1.54, 1.807) is 6.08 Å². The zero-order chi connectivity index (χ0) is 32.2. The SMILES string of the molecule is CCCCCCCCCCCC/C=C/CC/C=C/C(O)C(COP(=O)([O-])OCC[N+](C)(C)C)NC(=O)CCCCCCC. The van der Waals surface area contributed by atoms with Crippen molar-refractivity contribution in [3.8, 4) is 0 Å². The van der Waals surface area contributed by atoms with E-state index in [0.29, 0.717) is 17.4 Å². The van der Waals surface area contributed by atoms with Gasteiger partial charge in [-0.15, -0.1) is 0 Å². The molecule has 0 aliphatic rings. The normalized spacial score (nSPS) is 15.2. The number of hydrogen-bond acceptors (Lipinski definition) is 6. The highest BCUT2D eigenvalue weighted by Gasteiger charge is 2.23. The van der Waals surface area contributed by atoms with Crippen LogP contribution in [0.4, 0.5) is 0 Å². The summed E-state index contributed by atoms with van der Waals surface area (Å²) in [7, 11) is 1.24. The first-order valence-electron chi connectivity index (χ1n) is 17.2. The number of allylic oxidation sites excluding steroid dienone is 3. The molecule has 0 radical (unpaired) electrons. The number of nitrogens with one attached hydrogen (secondary N) is 1. The van der Waals surface area contributed by atoms with E-state index in [-0.39, 0.29) is 12.5 Å². The van der Waals surface area contributed by atoms with Gasteiger partial charge < -0.3 is 28.8 Å². The molecule has 0 rings (SSSR count). The van der Waals surface area contributed by atoms with Gasteiger partial charge in [0.15, 0.2) is 0 Å². The molecule has 0 saturated carbocycles. The third kappa shape index (κ3) is 29.5. The highest BCUT2D eigenvalue weighted by Crippen LogP contribution is 2.38. The van der Waals surface area contributed by atoms with Crippen molar-refractivity contribution in [1.82, 2.24) is 5.32 Å². The number of phosphoric ester groups is 1. The van der Waals surface area contributed by atoms with Crippen molar-refractivity contribution in [1.29, 1.82) is 0 Å². The Morgan fingerprint density at radius 1 is 0.791 bits per heavy atom. The number of amides is 1. The Labute approximate surface area is 264 Å². The molecule has 0 fully saturated rings. The number of carbonyl (C=O) groups is 1. The van der Waals surface area contributed by atoms with Crippen molar-refractivity contribution in [3.63, 3.8) is 0 Å². The van der Waals surface area contributed by atoms with Crippen LogP contribution in [0.15, 0.2) is 24.3 Å². The highest BCUT2D eigenvalue weighted by molar-refractivity contribution is 7.45. The summed E-state index contributed by atoms with van der Waals surface area (Å²) in [4.78, 5) is 24.8. The molecule has 0 bridgehead atoms. The lowest BCUT2D eigenvalue weighted by molar-refractivity contribution is -0.870. The zero-order valence-electron chi connectivity index (χ0n) is 28.4. The summed E-state index contributed by atoms with van der Waals surface area (Å²) in [6, 6.07) is -0.893. The predicted molar refractivity (Wildman–Crippen MR) is 178 cm³/mol. The second-order valence-electron chi connectivity index (χ2n) is 12.9. The number of unbranched alkanes of at least 4 members (excludes halogenated alkanes) is 15. The summed E-state index contributed by atoms with van der Waals surface area (Å²) >= 11 is 0. The largest absolute Gasteiger partial charge is 0.756 e. The molecule has 9 heteroatoms. The van der Waals surface area contributed by atoms with E-state index in [1.165, 1.54) is 64.2 Å². The molecule has 0 spiro atoms. The number of carbonyl (C=O) groups excluding carboxylic acids is 1. The summed E-state index contributed by atoms with van der Waals surface area (Å²) < 4.78 is 22.9. The first kappa shape index (κ1) is 42.0. The van der Waals surface area contributed by atoms with Gasteiger partial charge >= 0.3 is 0 Å². The van der Waals surface area contributed by atoms with Gasteiger partial charge in [-0.3, -0.25) is 9.36 Å². The van der Waals surface area contributed by atoms with Crippen LogP contribution in [-0.2, 0) is 18.4 Å². The van der Waals surface area contributed by atoms with Crippen LogP contribution < -0.4 is 10.2 Å². The molecule has 0 aromatic carbocycles. The lowest BCUT2D eigenvalue weighted by Gasteiger charge is -2.29. The third-order valence-corrected chi connectivity index (χ3v) is 8.38. The van der Waals surface area contributed by atoms with Crippen LogP contribution in [0.5, 0.6) is 0 Å². The number of aliphatic hydroxyl groups is 1. The number of phosphoric acid groups is 1. The van der Waals surface area contributed by atoms with Gasteiger partial charge in [-0.1, -0.05) is 122 Å². The van der Waals surface area contributed by atoms with Crippen LogP contribution in [0, 0.1) is 0 Å². The fourth-order valence-corrected chi connectivity index (χ4v) is 5.30. The van der Waals surface area contributed by atoms with Crippen molar-refractivity contribution in [3.05, 3.63) is 24.3 Å². The Morgan fingerprint density at radius 3 is 1.88 bits per heavy atom. The maximum Gasteiger partial charge on any atom is 0.268 e. The zero-order valence-corrected chi connectivity index (χ0v) is 29.3. The second-order valence-corrected chi connectivity index (χ2v) is 14.3. The van der Waals surface area contributed by atoms with Crippen LogP contribution >= 0.6 is 7.82 Å². The topological polar surface area (TPSA) is 108 Å². The van der Waals surface area contributed by atoms with Crippen LogP contribution in [0.3, 0.4) is 0 Å². The molecule has 0 aromatic heterocycles. The summed E-state index contributed by atoms with van der Waals surface area (Å²) in [5.74, 6) is -0.223. The smallest absolute Gasteiger partial charge is 0.268 e. The van der Waals surface area contributed by atoms with Crippen molar-refractivity contribution >= 4 is 13.7 Å². The molecule has 0 heterocycles. The highest BCUT2D eigenvalue weighted by atomic mass is 31.2. The molecule has 3 unspecified atom stereocenters. The van der Waals surface area contributed by atoms with Crippen LogP contribution in [0.1, 0.15) is 136 Å². The average molecular weight is 631 g/mol. The monoisotopic (exact) mass is 630 g/mol. The van der Waals surface area contributed by atoms with Crippen molar-refractivity contribution in [2.45, 2.75) is 148 Å². The van der Waals surface area contributed by atoms with Crippen LogP contribution in [-0.4, -0.2) is 68.5 Å². The number of aliphatic hydroxyl groups excluding tert-OH is 1. The van der Waals surface area contributed by atoms with E-state index in [1.807, 2.05) is 27.2 Å². The standard InChI is InChI=1S/C34H67N2O6P/c1-6-8-10-12-13-14-15-16-17-18-19-20-21-22-24-25-27-33(37)32(35-34(38)28-26-23-11-9-7-2)31-42-43(39,40)41-30-29-36(3,4)5/h20-21,25,27,32-33,37H,6-19,22-24,26,28-31H2,1-5H3,(H-,35,38,39,40)/b21-20+,27-25+. The minimum absolute atomic E-state index is 0.00572. The Balaban J connectivity index is 4.52. The van der Waals surface area contributed by atoms with E-state index in [4.69, 9.17) is 9.05 Å². The Hall–Kier alpha value is -1.02. The fourth-order valence-electron chi connectivity index (χ4n) is 4.58. The van der Waals surface area contributed by atoms with Gasteiger partial charge in [0, 0.05) is 6.42 Å². The summed E-state index contributed by atoms with van der Waals surface area (Å²) in [5.41, 5.74) is 0.